The van der Waals surface area contributed by atoms with E-state index in [9.17, 15) is 9.18 Å². The Hall–Kier alpha value is -3.20. The summed E-state index contributed by atoms with van der Waals surface area (Å²) in [5.74, 6) is 0.991. The minimum absolute atomic E-state index is 0.0256. The van der Waals surface area contributed by atoms with E-state index in [2.05, 4.69) is 16.4 Å². The molecule has 1 aliphatic rings. The molecule has 0 radical (unpaired) electrons. The van der Waals surface area contributed by atoms with Crippen LogP contribution in [0, 0.1) is 5.82 Å². The molecule has 2 aromatic carbocycles. The number of hydrogen-bond acceptors (Lipinski definition) is 6. The average Bonchev–Trinajstić information content (AvgIpc) is 3.32. The second kappa shape index (κ2) is 12.1. The quantitative estimate of drug-likeness (QED) is 0.243. The number of nitrogens with zero attached hydrogens (tertiary/aromatic N) is 3. The van der Waals surface area contributed by atoms with Crippen molar-refractivity contribution in [2.45, 2.75) is 44.3 Å². The molecule has 5 rings (SSSR count). The summed E-state index contributed by atoms with van der Waals surface area (Å²) in [6.45, 7) is 0.348. The van der Waals surface area contributed by atoms with Gasteiger partial charge in [-0.3, -0.25) is 4.79 Å². The van der Waals surface area contributed by atoms with E-state index in [1.807, 2.05) is 61.4 Å². The zero-order valence-corrected chi connectivity index (χ0v) is 24.8. The summed E-state index contributed by atoms with van der Waals surface area (Å²) in [5.41, 5.74) is 2.86. The Bertz CT molecular complexity index is 1500. The lowest BCUT2D eigenvalue weighted by Crippen LogP contribution is -2.44. The topological polar surface area (TPSA) is 57.7 Å². The van der Waals surface area contributed by atoms with Crippen molar-refractivity contribution >= 4 is 44.7 Å². The van der Waals surface area contributed by atoms with Crippen molar-refractivity contribution in [2.75, 3.05) is 33.2 Å². The third-order valence-corrected chi connectivity index (χ3v) is 9.40. The Kier molecular flexibility index (Phi) is 8.59. The Balaban J connectivity index is 1.52. The van der Waals surface area contributed by atoms with Gasteiger partial charge >= 0.3 is 0 Å². The number of ether oxygens (including phenoxy) is 1. The first kappa shape index (κ1) is 28.3. The van der Waals surface area contributed by atoms with E-state index in [0.717, 1.165) is 48.2 Å². The van der Waals surface area contributed by atoms with Crippen molar-refractivity contribution < 1.29 is 13.9 Å². The van der Waals surface area contributed by atoms with Gasteiger partial charge in [-0.25, -0.2) is 9.37 Å². The minimum Gasteiger partial charge on any atom is -0.496 e. The number of thiophene rings is 1. The van der Waals surface area contributed by atoms with Gasteiger partial charge in [0.2, 0.25) is 0 Å². The predicted molar refractivity (Wildman–Crippen MR) is 162 cm³/mol. The second-order valence-corrected chi connectivity index (χ2v) is 11.8. The second-order valence-electron chi connectivity index (χ2n) is 10.4. The number of carbonyl (C=O) groups is 1. The van der Waals surface area contributed by atoms with Crippen molar-refractivity contribution in [1.82, 2.24) is 15.2 Å². The maximum absolute atomic E-state index is 14.6. The maximum atomic E-state index is 14.6. The smallest absolute Gasteiger partial charge is 0.266 e. The van der Waals surface area contributed by atoms with Gasteiger partial charge in [0.1, 0.15) is 22.3 Å². The fourth-order valence-electron chi connectivity index (χ4n) is 5.47. The van der Waals surface area contributed by atoms with Crippen LogP contribution >= 0.6 is 22.9 Å². The van der Waals surface area contributed by atoms with E-state index < -0.39 is 5.82 Å². The van der Waals surface area contributed by atoms with Crippen LogP contribution in [-0.2, 0) is 6.54 Å². The number of aromatic nitrogens is 1. The van der Waals surface area contributed by atoms with Gasteiger partial charge in [-0.1, -0.05) is 23.7 Å². The van der Waals surface area contributed by atoms with E-state index in [1.165, 1.54) is 17.4 Å². The zero-order chi connectivity index (χ0) is 28.4. The van der Waals surface area contributed by atoms with Crippen LogP contribution in [0.1, 0.15) is 40.9 Å². The summed E-state index contributed by atoms with van der Waals surface area (Å²) in [6.07, 6.45) is 5.54. The molecule has 9 heteroatoms. The van der Waals surface area contributed by atoms with E-state index in [0.29, 0.717) is 33.3 Å². The van der Waals surface area contributed by atoms with Gasteiger partial charge in [-0.2, -0.15) is 0 Å². The molecule has 0 bridgehead atoms. The van der Waals surface area contributed by atoms with Crippen LogP contribution in [0.25, 0.3) is 21.2 Å². The largest absolute Gasteiger partial charge is 0.496 e. The first-order chi connectivity index (χ1) is 19.3. The van der Waals surface area contributed by atoms with E-state index in [4.69, 9.17) is 16.3 Å². The van der Waals surface area contributed by atoms with E-state index in [1.54, 1.807) is 19.2 Å². The number of pyridine rings is 1. The lowest BCUT2D eigenvalue weighted by molar-refractivity contribution is 0.0604. The molecule has 1 saturated carbocycles. The van der Waals surface area contributed by atoms with Gasteiger partial charge in [0.15, 0.2) is 0 Å². The van der Waals surface area contributed by atoms with Crippen molar-refractivity contribution in [1.29, 1.82) is 0 Å². The summed E-state index contributed by atoms with van der Waals surface area (Å²) in [5, 5.41) is 3.86. The predicted octanol–water partition coefficient (Wildman–Crippen LogP) is 7.00. The Morgan fingerprint density at radius 2 is 1.88 bits per heavy atom. The van der Waals surface area contributed by atoms with Gasteiger partial charge in [-0.05, 0) is 74.7 Å². The van der Waals surface area contributed by atoms with Crippen LogP contribution < -0.4 is 15.0 Å². The minimum atomic E-state index is -0.415. The molecule has 1 amide bonds. The van der Waals surface area contributed by atoms with Gasteiger partial charge in [-0.15, -0.1) is 11.3 Å². The molecule has 210 valence electrons. The van der Waals surface area contributed by atoms with Crippen molar-refractivity contribution in [2.24, 2.45) is 0 Å². The molecule has 0 spiro atoms. The molecule has 0 atom stereocenters. The van der Waals surface area contributed by atoms with Gasteiger partial charge in [0, 0.05) is 60.1 Å². The SMILES string of the molecule is CNC1CCC(N(Cc2cc(-c3ccc(N(C)C)nc3)ccc2OC)C(=O)c2sc3cccc(F)c3c2Cl)CC1. The van der Waals surface area contributed by atoms with Crippen molar-refractivity contribution in [3.63, 3.8) is 0 Å². The monoisotopic (exact) mass is 580 g/mol. The van der Waals surface area contributed by atoms with Gasteiger partial charge < -0.3 is 19.9 Å². The van der Waals surface area contributed by atoms with Gasteiger partial charge in [0.25, 0.3) is 5.91 Å². The molecule has 1 fully saturated rings. The fourth-order valence-corrected chi connectivity index (χ4v) is 6.98. The first-order valence-electron chi connectivity index (χ1n) is 13.5. The number of hydrogen-bond donors (Lipinski definition) is 1. The molecule has 0 saturated heterocycles. The fraction of sp³-hybridized carbons (Fsp3) is 0.355. The highest BCUT2D eigenvalue weighted by atomic mass is 35.5. The third kappa shape index (κ3) is 5.66. The maximum Gasteiger partial charge on any atom is 0.266 e. The van der Waals surface area contributed by atoms with Crippen molar-refractivity contribution in [3.05, 3.63) is 76.0 Å². The van der Waals surface area contributed by atoms with Crippen LogP contribution in [0.5, 0.6) is 5.75 Å². The first-order valence-corrected chi connectivity index (χ1v) is 14.7. The van der Waals surface area contributed by atoms with E-state index in [-0.39, 0.29) is 17.0 Å². The summed E-state index contributed by atoms with van der Waals surface area (Å²) in [6, 6.07) is 15.3. The molecular weight excluding hydrogens is 547 g/mol. The molecule has 0 unspecified atom stereocenters. The number of carbonyl (C=O) groups excluding carboxylic acids is 1. The molecular formula is C31H34ClFN4O2S. The molecule has 1 N–H and O–H groups in total. The summed E-state index contributed by atoms with van der Waals surface area (Å²) < 4.78 is 21.1. The molecule has 40 heavy (non-hydrogen) atoms. The number of methoxy groups -OCH3 is 1. The number of nitrogens with one attached hydrogen (secondary N) is 1. The molecule has 4 aromatic rings. The lowest BCUT2D eigenvalue weighted by Gasteiger charge is -2.37. The Morgan fingerprint density at radius 3 is 2.50 bits per heavy atom. The molecule has 2 aromatic heterocycles. The number of anilines is 1. The zero-order valence-electron chi connectivity index (χ0n) is 23.2. The third-order valence-electron chi connectivity index (χ3n) is 7.77. The lowest BCUT2D eigenvalue weighted by atomic mass is 9.89. The highest BCUT2D eigenvalue weighted by molar-refractivity contribution is 7.21. The molecule has 1 aliphatic carbocycles. The Morgan fingerprint density at radius 1 is 1.12 bits per heavy atom. The van der Waals surface area contributed by atoms with Crippen molar-refractivity contribution in [3.8, 4) is 16.9 Å². The highest BCUT2D eigenvalue weighted by Gasteiger charge is 2.32. The molecule has 6 nitrogen and oxygen atoms in total. The number of halogens is 2. The standard InChI is InChI=1S/C31H34ClFN4O2S/c1-34-22-10-12-23(13-11-22)37(31(38)30-29(32)28-24(33)6-5-7-26(28)40-30)18-21-16-19(8-14-25(21)39-4)20-9-15-27(35-17-20)36(2)3/h5-9,14-17,22-23,34H,10-13,18H2,1-4H3. The number of amides is 1. The van der Waals surface area contributed by atoms with Crippen LogP contribution in [0.15, 0.2) is 54.7 Å². The molecule has 0 aliphatic heterocycles. The normalized spacial score (nSPS) is 17.1. The Labute approximate surface area is 243 Å². The number of rotatable bonds is 8. The van der Waals surface area contributed by atoms with Crippen LogP contribution in [-0.4, -0.2) is 56.1 Å². The van der Waals surface area contributed by atoms with Crippen LogP contribution in [0.4, 0.5) is 10.2 Å². The van der Waals surface area contributed by atoms with E-state index >= 15 is 0 Å². The molecule has 2 heterocycles. The number of fused-ring (bicyclic) bond motifs is 1. The summed E-state index contributed by atoms with van der Waals surface area (Å²) in [4.78, 5) is 23.0. The highest BCUT2D eigenvalue weighted by Crippen LogP contribution is 2.39. The summed E-state index contributed by atoms with van der Waals surface area (Å²) >= 11 is 7.91. The van der Waals surface area contributed by atoms with Crippen LogP contribution in [0.2, 0.25) is 5.02 Å². The average molecular weight is 581 g/mol. The summed E-state index contributed by atoms with van der Waals surface area (Å²) in [7, 11) is 7.54. The van der Waals surface area contributed by atoms with Crippen LogP contribution in [0.3, 0.4) is 0 Å². The number of benzene rings is 2. The van der Waals surface area contributed by atoms with Gasteiger partial charge in [0.05, 0.1) is 12.1 Å².